The first-order valence-electron chi connectivity index (χ1n) is 4.89. The highest BCUT2D eigenvalue weighted by molar-refractivity contribution is 9.10. The maximum Gasteiger partial charge on any atom is 0.106 e. The molecule has 1 saturated heterocycles. The Kier molecular flexibility index (Phi) is 3.50. The molecule has 1 fully saturated rings. The maximum atomic E-state index is 4.19. The van der Waals surface area contributed by atoms with Crippen molar-refractivity contribution in [2.75, 3.05) is 13.1 Å². The van der Waals surface area contributed by atoms with Crippen LogP contribution in [0.4, 0.5) is 0 Å². The molecular weight excluding hydrogens is 242 g/mol. The van der Waals surface area contributed by atoms with Gasteiger partial charge in [0.25, 0.3) is 0 Å². The molecule has 1 aromatic heterocycles. The number of pyridine rings is 1. The van der Waals surface area contributed by atoms with Gasteiger partial charge in [-0.1, -0.05) is 6.07 Å². The highest BCUT2D eigenvalue weighted by Gasteiger charge is 2.12. The molecule has 2 N–H and O–H groups in total. The van der Waals surface area contributed by atoms with Crippen LogP contribution < -0.4 is 10.6 Å². The molecule has 76 valence electrons. The maximum absolute atomic E-state index is 4.19. The third-order valence-electron chi connectivity index (χ3n) is 2.44. The Bertz CT molecular complexity index is 280. The number of nitrogens with one attached hydrogen (secondary N) is 2. The summed E-state index contributed by atoms with van der Waals surface area (Å²) in [5.41, 5.74) is 1.24. The zero-order chi connectivity index (χ0) is 9.80. The van der Waals surface area contributed by atoms with Crippen LogP contribution in [0.3, 0.4) is 0 Å². The molecule has 0 radical (unpaired) electrons. The van der Waals surface area contributed by atoms with Crippen LogP contribution in [0.2, 0.25) is 0 Å². The van der Waals surface area contributed by atoms with Gasteiger partial charge in [-0.2, -0.15) is 0 Å². The average Bonchev–Trinajstić information content (AvgIpc) is 2.70. The second-order valence-electron chi connectivity index (χ2n) is 3.56. The predicted octanol–water partition coefficient (Wildman–Crippen LogP) is 1.30. The topological polar surface area (TPSA) is 37.0 Å². The summed E-state index contributed by atoms with van der Waals surface area (Å²) in [4.78, 5) is 4.19. The number of nitrogens with zero attached hydrogens (tertiary/aromatic N) is 1. The summed E-state index contributed by atoms with van der Waals surface area (Å²) in [5.74, 6) is 0. The first kappa shape index (κ1) is 10.1. The Hall–Kier alpha value is -0.450. The lowest BCUT2D eigenvalue weighted by Gasteiger charge is -2.10. The van der Waals surface area contributed by atoms with Crippen LogP contribution in [-0.4, -0.2) is 24.1 Å². The first-order chi connectivity index (χ1) is 6.84. The van der Waals surface area contributed by atoms with Gasteiger partial charge in [-0.3, -0.25) is 0 Å². The summed E-state index contributed by atoms with van der Waals surface area (Å²) >= 11 is 3.32. The van der Waals surface area contributed by atoms with Gasteiger partial charge in [-0.25, -0.2) is 4.98 Å². The van der Waals surface area contributed by atoms with E-state index in [1.165, 1.54) is 12.0 Å². The number of aromatic nitrogens is 1. The molecule has 0 unspecified atom stereocenters. The summed E-state index contributed by atoms with van der Waals surface area (Å²) in [6, 6.07) is 4.69. The molecule has 0 bridgehead atoms. The Labute approximate surface area is 92.4 Å². The molecule has 1 aromatic rings. The van der Waals surface area contributed by atoms with Crippen LogP contribution in [0.1, 0.15) is 12.0 Å². The van der Waals surface area contributed by atoms with Crippen molar-refractivity contribution in [3.05, 3.63) is 28.5 Å². The Morgan fingerprint density at radius 3 is 3.14 bits per heavy atom. The lowest BCUT2D eigenvalue weighted by atomic mass is 10.2. The van der Waals surface area contributed by atoms with Gasteiger partial charge in [-0.15, -0.1) is 0 Å². The van der Waals surface area contributed by atoms with E-state index in [1.54, 1.807) is 0 Å². The normalized spacial score (nSPS) is 21.4. The van der Waals surface area contributed by atoms with Gasteiger partial charge in [0, 0.05) is 25.3 Å². The van der Waals surface area contributed by atoms with Gasteiger partial charge >= 0.3 is 0 Å². The summed E-state index contributed by atoms with van der Waals surface area (Å²) in [5, 5.41) is 6.83. The van der Waals surface area contributed by atoms with Crippen molar-refractivity contribution in [2.45, 2.75) is 19.0 Å². The van der Waals surface area contributed by atoms with E-state index < -0.39 is 0 Å². The summed E-state index contributed by atoms with van der Waals surface area (Å²) in [7, 11) is 0. The zero-order valence-corrected chi connectivity index (χ0v) is 9.55. The van der Waals surface area contributed by atoms with E-state index in [0.717, 1.165) is 24.2 Å². The number of hydrogen-bond acceptors (Lipinski definition) is 3. The van der Waals surface area contributed by atoms with Crippen LogP contribution in [0.5, 0.6) is 0 Å². The van der Waals surface area contributed by atoms with Gasteiger partial charge in [0.05, 0.1) is 0 Å². The van der Waals surface area contributed by atoms with E-state index >= 15 is 0 Å². The second-order valence-corrected chi connectivity index (χ2v) is 4.37. The molecule has 0 saturated carbocycles. The quantitative estimate of drug-likeness (QED) is 0.800. The number of rotatable bonds is 3. The van der Waals surface area contributed by atoms with Gasteiger partial charge in [0.1, 0.15) is 4.60 Å². The Balaban J connectivity index is 1.82. The minimum absolute atomic E-state index is 0.624. The first-order valence-corrected chi connectivity index (χ1v) is 5.68. The zero-order valence-electron chi connectivity index (χ0n) is 7.96. The minimum atomic E-state index is 0.624. The van der Waals surface area contributed by atoms with Gasteiger partial charge < -0.3 is 10.6 Å². The molecule has 14 heavy (non-hydrogen) atoms. The molecule has 0 aromatic carbocycles. The standard InChI is InChI=1S/C10H14BrN3/c11-10-2-1-8(6-14-10)5-13-9-3-4-12-7-9/h1-2,6,9,12-13H,3-5,7H2/t9-/m1/s1. The minimum Gasteiger partial charge on any atom is -0.315 e. The third-order valence-corrected chi connectivity index (χ3v) is 2.91. The van der Waals surface area contributed by atoms with Crippen LogP contribution >= 0.6 is 15.9 Å². The van der Waals surface area contributed by atoms with E-state index in [0.29, 0.717) is 6.04 Å². The van der Waals surface area contributed by atoms with Crippen LogP contribution in [-0.2, 0) is 6.54 Å². The fourth-order valence-corrected chi connectivity index (χ4v) is 1.84. The summed E-state index contributed by atoms with van der Waals surface area (Å²) < 4.78 is 0.892. The van der Waals surface area contributed by atoms with E-state index in [2.05, 4.69) is 37.6 Å². The molecule has 3 nitrogen and oxygen atoms in total. The predicted molar refractivity (Wildman–Crippen MR) is 60.1 cm³/mol. The average molecular weight is 256 g/mol. The molecular formula is C10H14BrN3. The van der Waals surface area contributed by atoms with Crippen molar-refractivity contribution < 1.29 is 0 Å². The Morgan fingerprint density at radius 2 is 2.50 bits per heavy atom. The molecule has 0 spiro atoms. The monoisotopic (exact) mass is 255 g/mol. The van der Waals surface area contributed by atoms with Crippen molar-refractivity contribution >= 4 is 15.9 Å². The van der Waals surface area contributed by atoms with Crippen molar-refractivity contribution in [1.82, 2.24) is 15.6 Å². The smallest absolute Gasteiger partial charge is 0.106 e. The van der Waals surface area contributed by atoms with Gasteiger partial charge in [-0.05, 0) is 40.5 Å². The van der Waals surface area contributed by atoms with E-state index in [9.17, 15) is 0 Å². The van der Waals surface area contributed by atoms with Crippen LogP contribution in [0.15, 0.2) is 22.9 Å². The molecule has 2 rings (SSSR count). The highest BCUT2D eigenvalue weighted by Crippen LogP contribution is 2.06. The molecule has 0 amide bonds. The fraction of sp³-hybridized carbons (Fsp3) is 0.500. The number of hydrogen-bond donors (Lipinski definition) is 2. The lowest BCUT2D eigenvalue weighted by Crippen LogP contribution is -2.30. The summed E-state index contributed by atoms with van der Waals surface area (Å²) in [6.45, 7) is 3.13. The van der Waals surface area contributed by atoms with E-state index in [4.69, 9.17) is 0 Å². The SMILES string of the molecule is Brc1ccc(CN[C@@H]2CCNC2)cn1. The van der Waals surface area contributed by atoms with Crippen molar-refractivity contribution in [3.63, 3.8) is 0 Å². The van der Waals surface area contributed by atoms with E-state index in [1.807, 2.05) is 12.3 Å². The molecule has 0 aliphatic carbocycles. The lowest BCUT2D eigenvalue weighted by molar-refractivity contribution is 0.546. The van der Waals surface area contributed by atoms with Crippen LogP contribution in [0.25, 0.3) is 0 Å². The molecule has 1 aliphatic rings. The third kappa shape index (κ3) is 2.77. The van der Waals surface area contributed by atoms with Crippen molar-refractivity contribution in [2.24, 2.45) is 0 Å². The van der Waals surface area contributed by atoms with Crippen LogP contribution in [0, 0.1) is 0 Å². The fourth-order valence-electron chi connectivity index (χ4n) is 1.60. The number of halogens is 1. The molecule has 1 aliphatic heterocycles. The van der Waals surface area contributed by atoms with Crippen molar-refractivity contribution in [1.29, 1.82) is 0 Å². The second kappa shape index (κ2) is 4.87. The van der Waals surface area contributed by atoms with Crippen molar-refractivity contribution in [3.8, 4) is 0 Å². The molecule has 2 heterocycles. The largest absolute Gasteiger partial charge is 0.315 e. The Morgan fingerprint density at radius 1 is 1.57 bits per heavy atom. The molecule has 1 atom stereocenters. The van der Waals surface area contributed by atoms with Gasteiger partial charge in [0.2, 0.25) is 0 Å². The molecule has 4 heteroatoms. The van der Waals surface area contributed by atoms with E-state index in [-0.39, 0.29) is 0 Å². The summed E-state index contributed by atoms with van der Waals surface area (Å²) in [6.07, 6.45) is 3.13. The highest BCUT2D eigenvalue weighted by atomic mass is 79.9. The van der Waals surface area contributed by atoms with Gasteiger partial charge in [0.15, 0.2) is 0 Å².